The number of anilines is 2. The van der Waals surface area contributed by atoms with Crippen molar-refractivity contribution in [1.29, 1.82) is 0 Å². The van der Waals surface area contributed by atoms with Crippen molar-refractivity contribution in [3.05, 3.63) is 59.9 Å². The summed E-state index contributed by atoms with van der Waals surface area (Å²) in [7, 11) is -4.02. The largest absolute Gasteiger partial charge is 0.322 e. The molecule has 25 heavy (non-hydrogen) atoms. The van der Waals surface area contributed by atoms with Crippen LogP contribution in [0.2, 0.25) is 0 Å². The van der Waals surface area contributed by atoms with Gasteiger partial charge in [-0.15, -0.1) is 0 Å². The van der Waals surface area contributed by atoms with Crippen LogP contribution in [0.1, 0.15) is 6.92 Å². The SMILES string of the molecule is CC(C(=O)Nc1ccc(F)cc1F)N(c1ccccc1F)S(C)(=O)=O. The minimum Gasteiger partial charge on any atom is -0.322 e. The molecule has 0 saturated carbocycles. The first-order valence-electron chi connectivity index (χ1n) is 7.11. The summed E-state index contributed by atoms with van der Waals surface area (Å²) in [4.78, 5) is 12.3. The number of benzene rings is 2. The average molecular weight is 372 g/mol. The summed E-state index contributed by atoms with van der Waals surface area (Å²) in [5.41, 5.74) is -0.632. The third-order valence-electron chi connectivity index (χ3n) is 3.37. The number of amides is 1. The number of carbonyl (C=O) groups is 1. The van der Waals surface area contributed by atoms with Crippen LogP contribution in [0.15, 0.2) is 42.5 Å². The Kier molecular flexibility index (Phi) is 5.36. The van der Waals surface area contributed by atoms with Gasteiger partial charge in [-0.25, -0.2) is 21.6 Å². The number of nitrogens with zero attached hydrogens (tertiary/aromatic N) is 1. The molecule has 9 heteroatoms. The number of sulfonamides is 1. The van der Waals surface area contributed by atoms with E-state index in [0.717, 1.165) is 24.5 Å². The standard InChI is InChI=1S/C16H15F3N2O3S/c1-10(16(22)20-14-8-7-11(17)9-13(14)19)21(25(2,23)24)15-6-4-3-5-12(15)18/h3-10H,1-2H3,(H,20,22). The predicted molar refractivity (Wildman–Crippen MR) is 88.2 cm³/mol. The molecule has 1 amide bonds. The maximum Gasteiger partial charge on any atom is 0.248 e. The van der Waals surface area contributed by atoms with Gasteiger partial charge in [0, 0.05) is 6.07 Å². The minimum absolute atomic E-state index is 0.313. The first-order valence-corrected chi connectivity index (χ1v) is 8.96. The van der Waals surface area contributed by atoms with Crippen molar-refractivity contribution in [2.24, 2.45) is 0 Å². The first kappa shape index (κ1) is 18.8. The number of para-hydroxylation sites is 1. The molecule has 0 heterocycles. The van der Waals surface area contributed by atoms with Crippen LogP contribution < -0.4 is 9.62 Å². The molecule has 0 radical (unpaired) electrons. The number of hydrogen-bond acceptors (Lipinski definition) is 3. The molecule has 0 aliphatic rings. The van der Waals surface area contributed by atoms with Crippen LogP contribution >= 0.6 is 0 Å². The van der Waals surface area contributed by atoms with E-state index in [4.69, 9.17) is 0 Å². The van der Waals surface area contributed by atoms with Crippen LogP contribution in [0.3, 0.4) is 0 Å². The number of carbonyl (C=O) groups excluding carboxylic acids is 1. The molecule has 2 aromatic rings. The van der Waals surface area contributed by atoms with Gasteiger partial charge < -0.3 is 5.32 Å². The van der Waals surface area contributed by atoms with Gasteiger partial charge in [-0.3, -0.25) is 9.10 Å². The van der Waals surface area contributed by atoms with Gasteiger partial charge in [-0.05, 0) is 31.2 Å². The molecule has 0 saturated heterocycles. The number of halogens is 3. The summed E-state index contributed by atoms with van der Waals surface area (Å²) in [6.45, 7) is 1.23. The summed E-state index contributed by atoms with van der Waals surface area (Å²) >= 11 is 0. The molecule has 0 spiro atoms. The van der Waals surface area contributed by atoms with Gasteiger partial charge in [-0.2, -0.15) is 0 Å². The van der Waals surface area contributed by atoms with Crippen molar-refractivity contribution >= 4 is 27.3 Å². The van der Waals surface area contributed by atoms with Crippen molar-refractivity contribution < 1.29 is 26.4 Å². The maximum absolute atomic E-state index is 14.0. The fourth-order valence-corrected chi connectivity index (χ4v) is 3.41. The van der Waals surface area contributed by atoms with Crippen molar-refractivity contribution in [3.8, 4) is 0 Å². The second kappa shape index (κ2) is 7.14. The van der Waals surface area contributed by atoms with E-state index in [1.807, 2.05) is 0 Å². The fraction of sp³-hybridized carbons (Fsp3) is 0.188. The van der Waals surface area contributed by atoms with Crippen LogP contribution in [0.25, 0.3) is 0 Å². The van der Waals surface area contributed by atoms with Gasteiger partial charge in [0.05, 0.1) is 17.6 Å². The molecule has 2 aromatic carbocycles. The Balaban J connectivity index is 2.35. The maximum atomic E-state index is 14.0. The Bertz CT molecular complexity index is 903. The molecule has 1 unspecified atom stereocenters. The molecule has 0 aliphatic heterocycles. The highest BCUT2D eigenvalue weighted by molar-refractivity contribution is 7.92. The summed E-state index contributed by atoms with van der Waals surface area (Å²) in [5, 5.41) is 2.17. The lowest BCUT2D eigenvalue weighted by atomic mass is 10.2. The Morgan fingerprint density at radius 3 is 2.28 bits per heavy atom. The smallest absolute Gasteiger partial charge is 0.248 e. The van der Waals surface area contributed by atoms with E-state index in [1.54, 1.807) is 0 Å². The van der Waals surface area contributed by atoms with Crippen molar-refractivity contribution in [2.45, 2.75) is 13.0 Å². The summed E-state index contributed by atoms with van der Waals surface area (Å²) in [6.07, 6.45) is 0.821. The normalized spacial score (nSPS) is 12.5. The lowest BCUT2D eigenvalue weighted by Gasteiger charge is -2.28. The summed E-state index contributed by atoms with van der Waals surface area (Å²) < 4.78 is 65.2. The molecule has 0 aliphatic carbocycles. The van der Waals surface area contributed by atoms with Gasteiger partial charge in [0.1, 0.15) is 23.5 Å². The Morgan fingerprint density at radius 1 is 1.08 bits per heavy atom. The monoisotopic (exact) mass is 372 g/mol. The predicted octanol–water partition coefficient (Wildman–Crippen LogP) is 2.90. The number of rotatable bonds is 5. The van der Waals surface area contributed by atoms with Crippen LogP contribution in [-0.2, 0) is 14.8 Å². The van der Waals surface area contributed by atoms with Crippen LogP contribution in [0.4, 0.5) is 24.5 Å². The average Bonchev–Trinajstić information content (AvgIpc) is 2.50. The Hall–Kier alpha value is -2.55. The summed E-state index contributed by atoms with van der Waals surface area (Å²) in [5.74, 6) is -3.58. The molecule has 0 bridgehead atoms. The van der Waals surface area contributed by atoms with E-state index in [-0.39, 0.29) is 11.4 Å². The van der Waals surface area contributed by atoms with Gasteiger partial charge in [0.25, 0.3) is 0 Å². The van der Waals surface area contributed by atoms with E-state index in [2.05, 4.69) is 5.32 Å². The second-order valence-electron chi connectivity index (χ2n) is 5.30. The Morgan fingerprint density at radius 2 is 1.72 bits per heavy atom. The minimum atomic E-state index is -4.02. The lowest BCUT2D eigenvalue weighted by Crippen LogP contribution is -2.45. The van der Waals surface area contributed by atoms with Crippen molar-refractivity contribution in [2.75, 3.05) is 15.9 Å². The highest BCUT2D eigenvalue weighted by atomic mass is 32.2. The van der Waals surface area contributed by atoms with E-state index >= 15 is 0 Å². The molecular weight excluding hydrogens is 357 g/mol. The topological polar surface area (TPSA) is 66.5 Å². The second-order valence-corrected chi connectivity index (χ2v) is 7.16. The van der Waals surface area contributed by atoms with Crippen LogP contribution in [-0.4, -0.2) is 26.6 Å². The molecule has 0 aromatic heterocycles. The molecule has 2 rings (SSSR count). The highest BCUT2D eigenvalue weighted by Gasteiger charge is 2.31. The van der Waals surface area contributed by atoms with Crippen molar-refractivity contribution in [1.82, 2.24) is 0 Å². The zero-order chi connectivity index (χ0) is 18.8. The lowest BCUT2D eigenvalue weighted by molar-refractivity contribution is -0.116. The van der Waals surface area contributed by atoms with Gasteiger partial charge >= 0.3 is 0 Å². The van der Waals surface area contributed by atoms with Gasteiger partial charge in [0.15, 0.2) is 0 Å². The molecule has 1 atom stereocenters. The van der Waals surface area contributed by atoms with E-state index < -0.39 is 39.4 Å². The third kappa shape index (κ3) is 4.30. The third-order valence-corrected chi connectivity index (χ3v) is 4.59. The van der Waals surface area contributed by atoms with Crippen LogP contribution in [0.5, 0.6) is 0 Å². The Labute approximate surface area is 143 Å². The molecule has 134 valence electrons. The number of hydrogen-bond donors (Lipinski definition) is 1. The van der Waals surface area contributed by atoms with Crippen molar-refractivity contribution in [3.63, 3.8) is 0 Å². The van der Waals surface area contributed by atoms with Gasteiger partial charge in [-0.1, -0.05) is 12.1 Å². The zero-order valence-corrected chi connectivity index (χ0v) is 14.1. The summed E-state index contributed by atoms with van der Waals surface area (Å²) in [6, 6.07) is 6.19. The quantitative estimate of drug-likeness (QED) is 0.878. The molecule has 0 fully saturated rings. The molecule has 5 nitrogen and oxygen atoms in total. The van der Waals surface area contributed by atoms with E-state index in [9.17, 15) is 26.4 Å². The van der Waals surface area contributed by atoms with Crippen LogP contribution in [0, 0.1) is 17.5 Å². The highest BCUT2D eigenvalue weighted by Crippen LogP contribution is 2.25. The number of nitrogens with one attached hydrogen (secondary N) is 1. The zero-order valence-electron chi connectivity index (χ0n) is 13.3. The van der Waals surface area contributed by atoms with E-state index in [1.165, 1.54) is 25.1 Å². The molecular formula is C16H15F3N2O3S. The van der Waals surface area contributed by atoms with E-state index in [0.29, 0.717) is 10.4 Å². The first-order chi connectivity index (χ1) is 11.6. The van der Waals surface area contributed by atoms with Gasteiger partial charge in [0.2, 0.25) is 15.9 Å². The fourth-order valence-electron chi connectivity index (χ4n) is 2.24. The molecule has 1 N–H and O–H groups in total.